The van der Waals surface area contributed by atoms with Gasteiger partial charge in [-0.25, -0.2) is 0 Å². The van der Waals surface area contributed by atoms with Crippen molar-refractivity contribution < 1.29 is 4.79 Å². The molecule has 1 aliphatic heterocycles. The third-order valence-corrected chi connectivity index (χ3v) is 7.29. The second-order valence-electron chi connectivity index (χ2n) is 7.68. The summed E-state index contributed by atoms with van der Waals surface area (Å²) < 4.78 is 3.40. The maximum atomic E-state index is 12.1. The van der Waals surface area contributed by atoms with Crippen molar-refractivity contribution >= 4 is 34.9 Å². The molecule has 2 aromatic carbocycles. The van der Waals surface area contributed by atoms with Crippen LogP contribution in [0, 0.1) is 6.92 Å². The van der Waals surface area contributed by atoms with E-state index in [1.54, 1.807) is 28.2 Å². The number of carbonyl (C=O) groups excluding carboxylic acids is 1. The molecule has 1 amide bonds. The van der Waals surface area contributed by atoms with Gasteiger partial charge in [0.05, 0.1) is 11.9 Å². The summed E-state index contributed by atoms with van der Waals surface area (Å²) in [6.07, 6.45) is 3.74. The van der Waals surface area contributed by atoms with Gasteiger partial charge in [-0.2, -0.15) is 0 Å². The molecule has 0 bridgehead atoms. The molecule has 4 nitrogen and oxygen atoms in total. The molecule has 3 heterocycles. The third-order valence-electron chi connectivity index (χ3n) is 5.28. The second kappa shape index (κ2) is 8.21. The summed E-state index contributed by atoms with van der Waals surface area (Å²) in [6.45, 7) is 2.77. The maximum absolute atomic E-state index is 12.1. The van der Waals surface area contributed by atoms with Crippen molar-refractivity contribution in [3.8, 4) is 20.9 Å². The first kappa shape index (κ1) is 19.8. The number of thiophene rings is 1. The van der Waals surface area contributed by atoms with Gasteiger partial charge in [0, 0.05) is 45.6 Å². The van der Waals surface area contributed by atoms with Crippen LogP contribution in [0.4, 0.5) is 5.69 Å². The molecule has 0 fully saturated rings. The number of carbonyl (C=O) groups is 1. The Morgan fingerprint density at radius 3 is 2.68 bits per heavy atom. The number of aryl methyl sites for hydroxylation is 1. The van der Waals surface area contributed by atoms with E-state index in [0.29, 0.717) is 6.54 Å². The molecular formula is C25H21N3OS2. The van der Waals surface area contributed by atoms with Gasteiger partial charge in [0.15, 0.2) is 0 Å². The standard InChI is InChI=1S/C25H21N3OS2/c1-16-4-3-5-21(10-16)31-27-20-12-18(13-26-14-20)24-9-8-23(30-24)17-6-7-22-19(11-17)15-28(2)25(22)29/h3-14,27H,15H2,1-2H3. The minimum Gasteiger partial charge on any atom is -0.337 e. The van der Waals surface area contributed by atoms with Gasteiger partial charge in [0.2, 0.25) is 0 Å². The van der Waals surface area contributed by atoms with E-state index in [9.17, 15) is 4.79 Å². The quantitative estimate of drug-likeness (QED) is 0.358. The predicted molar refractivity (Wildman–Crippen MR) is 129 cm³/mol. The number of fused-ring (bicyclic) bond motifs is 1. The zero-order valence-electron chi connectivity index (χ0n) is 17.3. The van der Waals surface area contributed by atoms with Crippen molar-refractivity contribution in [1.82, 2.24) is 9.88 Å². The van der Waals surface area contributed by atoms with Gasteiger partial charge in [-0.15, -0.1) is 11.3 Å². The highest BCUT2D eigenvalue weighted by molar-refractivity contribution is 8.00. The Labute approximate surface area is 190 Å². The predicted octanol–water partition coefficient (Wildman–Crippen LogP) is 6.49. The number of pyridine rings is 1. The molecule has 154 valence electrons. The molecule has 0 spiro atoms. The Kier molecular flexibility index (Phi) is 5.26. The van der Waals surface area contributed by atoms with Crippen LogP contribution in [0.1, 0.15) is 21.5 Å². The van der Waals surface area contributed by atoms with Crippen LogP contribution in [0.25, 0.3) is 20.9 Å². The Balaban J connectivity index is 1.35. The first-order valence-electron chi connectivity index (χ1n) is 10.0. The van der Waals surface area contributed by atoms with Crippen LogP contribution in [0.2, 0.25) is 0 Å². The van der Waals surface area contributed by atoms with Gasteiger partial charge in [0.25, 0.3) is 5.91 Å². The SMILES string of the molecule is Cc1cccc(SNc2cncc(-c3ccc(-c4ccc5c(c4)CN(C)C5=O)s3)c2)c1. The molecule has 1 aliphatic rings. The summed E-state index contributed by atoms with van der Waals surface area (Å²) in [5, 5.41) is 0. The smallest absolute Gasteiger partial charge is 0.254 e. The lowest BCUT2D eigenvalue weighted by Crippen LogP contribution is -2.17. The summed E-state index contributed by atoms with van der Waals surface area (Å²) in [7, 11) is 1.84. The molecule has 1 N–H and O–H groups in total. The van der Waals surface area contributed by atoms with Crippen molar-refractivity contribution in [2.45, 2.75) is 18.4 Å². The molecule has 0 unspecified atom stereocenters. The van der Waals surface area contributed by atoms with E-state index < -0.39 is 0 Å². The number of rotatable bonds is 5. The lowest BCUT2D eigenvalue weighted by atomic mass is 10.1. The molecule has 0 radical (unpaired) electrons. The van der Waals surface area contributed by atoms with Crippen LogP contribution in [-0.2, 0) is 6.54 Å². The van der Waals surface area contributed by atoms with Crippen LogP contribution < -0.4 is 4.72 Å². The lowest BCUT2D eigenvalue weighted by Gasteiger charge is -2.07. The molecule has 4 aromatic rings. The molecule has 0 saturated carbocycles. The largest absolute Gasteiger partial charge is 0.337 e. The van der Waals surface area contributed by atoms with Gasteiger partial charge < -0.3 is 9.62 Å². The van der Waals surface area contributed by atoms with Crippen molar-refractivity contribution in [2.75, 3.05) is 11.8 Å². The van der Waals surface area contributed by atoms with Crippen LogP contribution in [0.15, 0.2) is 78.0 Å². The van der Waals surface area contributed by atoms with E-state index in [1.165, 1.54) is 20.2 Å². The summed E-state index contributed by atoms with van der Waals surface area (Å²) in [5.41, 5.74) is 6.36. The normalized spacial score (nSPS) is 12.8. The van der Waals surface area contributed by atoms with E-state index in [0.717, 1.165) is 27.9 Å². The number of hydrogen-bond acceptors (Lipinski definition) is 5. The highest BCUT2D eigenvalue weighted by atomic mass is 32.2. The van der Waals surface area contributed by atoms with Crippen LogP contribution in [0.3, 0.4) is 0 Å². The van der Waals surface area contributed by atoms with Crippen molar-refractivity contribution in [1.29, 1.82) is 0 Å². The molecule has 31 heavy (non-hydrogen) atoms. The van der Waals surface area contributed by atoms with E-state index in [2.05, 4.69) is 65.2 Å². The monoisotopic (exact) mass is 443 g/mol. The average Bonchev–Trinajstić information content (AvgIpc) is 3.38. The third kappa shape index (κ3) is 4.09. The van der Waals surface area contributed by atoms with Crippen molar-refractivity contribution in [3.05, 3.63) is 89.7 Å². The first-order valence-corrected chi connectivity index (χ1v) is 11.6. The summed E-state index contributed by atoms with van der Waals surface area (Å²) in [5.74, 6) is 0.104. The number of hydrogen-bond donors (Lipinski definition) is 1. The van der Waals surface area contributed by atoms with Crippen LogP contribution >= 0.6 is 23.3 Å². The van der Waals surface area contributed by atoms with E-state index in [-0.39, 0.29) is 5.91 Å². The van der Waals surface area contributed by atoms with E-state index in [4.69, 9.17) is 0 Å². The number of amides is 1. The Hall–Kier alpha value is -3.09. The van der Waals surface area contributed by atoms with Gasteiger partial charge in [-0.3, -0.25) is 9.78 Å². The summed E-state index contributed by atoms with van der Waals surface area (Å²) in [4.78, 5) is 21.8. The zero-order chi connectivity index (χ0) is 21.4. The first-order chi connectivity index (χ1) is 15.1. The fraction of sp³-hybridized carbons (Fsp3) is 0.120. The Morgan fingerprint density at radius 1 is 1.00 bits per heavy atom. The number of benzene rings is 2. The van der Waals surface area contributed by atoms with Gasteiger partial charge in [0.1, 0.15) is 0 Å². The number of nitrogens with one attached hydrogen (secondary N) is 1. The minimum atomic E-state index is 0.104. The second-order valence-corrected chi connectivity index (χ2v) is 9.64. The van der Waals surface area contributed by atoms with Crippen molar-refractivity contribution in [2.24, 2.45) is 0 Å². The highest BCUT2D eigenvalue weighted by Crippen LogP contribution is 2.37. The maximum Gasteiger partial charge on any atom is 0.254 e. The molecule has 0 atom stereocenters. The topological polar surface area (TPSA) is 45.2 Å². The van der Waals surface area contributed by atoms with Gasteiger partial charge in [-0.05, 0) is 78.0 Å². The van der Waals surface area contributed by atoms with Crippen LogP contribution in [0.5, 0.6) is 0 Å². The highest BCUT2D eigenvalue weighted by Gasteiger charge is 2.24. The van der Waals surface area contributed by atoms with Crippen LogP contribution in [-0.4, -0.2) is 22.8 Å². The molecule has 2 aromatic heterocycles. The van der Waals surface area contributed by atoms with E-state index in [1.807, 2.05) is 31.6 Å². The Bertz CT molecular complexity index is 1280. The minimum absolute atomic E-state index is 0.104. The van der Waals surface area contributed by atoms with Gasteiger partial charge in [-0.1, -0.05) is 18.2 Å². The molecule has 6 heteroatoms. The number of nitrogens with zero attached hydrogens (tertiary/aromatic N) is 2. The summed E-state index contributed by atoms with van der Waals surface area (Å²) in [6, 6.07) is 20.9. The fourth-order valence-corrected chi connectivity index (χ4v) is 5.42. The number of aromatic nitrogens is 1. The molecular weight excluding hydrogens is 422 g/mol. The average molecular weight is 444 g/mol. The van der Waals surface area contributed by atoms with E-state index >= 15 is 0 Å². The zero-order valence-corrected chi connectivity index (χ0v) is 18.9. The summed E-state index contributed by atoms with van der Waals surface area (Å²) >= 11 is 3.33. The molecule has 0 saturated heterocycles. The molecule has 5 rings (SSSR count). The lowest BCUT2D eigenvalue weighted by molar-refractivity contribution is 0.0816. The number of anilines is 1. The fourth-order valence-electron chi connectivity index (χ4n) is 3.69. The molecule has 0 aliphatic carbocycles. The Morgan fingerprint density at radius 2 is 1.84 bits per heavy atom. The van der Waals surface area contributed by atoms with Crippen molar-refractivity contribution in [3.63, 3.8) is 0 Å². The van der Waals surface area contributed by atoms with Gasteiger partial charge >= 0.3 is 0 Å².